The number of aryl methyl sites for hydroxylation is 1. The molecule has 1 aliphatic heterocycles. The van der Waals surface area contributed by atoms with Crippen LogP contribution in [0.3, 0.4) is 0 Å². The van der Waals surface area contributed by atoms with Crippen molar-refractivity contribution in [1.29, 1.82) is 0 Å². The van der Waals surface area contributed by atoms with Crippen LogP contribution in [0, 0.1) is 6.92 Å². The molecule has 0 atom stereocenters. The first-order chi connectivity index (χ1) is 10.8. The summed E-state index contributed by atoms with van der Waals surface area (Å²) >= 11 is 0. The van der Waals surface area contributed by atoms with Crippen molar-refractivity contribution in [2.45, 2.75) is 13.5 Å². The molecule has 0 radical (unpaired) electrons. The van der Waals surface area contributed by atoms with E-state index >= 15 is 0 Å². The lowest BCUT2D eigenvalue weighted by Gasteiger charge is -2.09. The number of aliphatic hydroxyl groups is 1. The second-order valence-electron chi connectivity index (χ2n) is 5.32. The number of imidazole rings is 1. The van der Waals surface area contributed by atoms with Crippen LogP contribution in [0.15, 0.2) is 36.4 Å². The van der Waals surface area contributed by atoms with E-state index in [1.54, 1.807) is 0 Å². The standard InChI is InChI=1S/C17H16N2O3/c1-11-4-2-3-5-12(11)17-18-13-8-15-16(22-10-21-15)9-14(13)19(17)6-7-20/h2-5,8-9,20H,6-7,10H2,1H3. The Morgan fingerprint density at radius 3 is 2.73 bits per heavy atom. The summed E-state index contributed by atoms with van der Waals surface area (Å²) in [7, 11) is 0. The Balaban J connectivity index is 1.98. The van der Waals surface area contributed by atoms with Crippen LogP contribution < -0.4 is 9.47 Å². The molecular weight excluding hydrogens is 280 g/mol. The molecule has 112 valence electrons. The van der Waals surface area contributed by atoms with Gasteiger partial charge >= 0.3 is 0 Å². The maximum Gasteiger partial charge on any atom is 0.231 e. The normalized spacial score (nSPS) is 13.0. The number of benzene rings is 2. The van der Waals surface area contributed by atoms with Gasteiger partial charge in [-0.1, -0.05) is 24.3 Å². The van der Waals surface area contributed by atoms with E-state index in [0.717, 1.165) is 39.5 Å². The van der Waals surface area contributed by atoms with Crippen LogP contribution in [0.1, 0.15) is 5.56 Å². The second-order valence-corrected chi connectivity index (χ2v) is 5.32. The number of rotatable bonds is 3. The minimum atomic E-state index is 0.0543. The molecule has 0 aliphatic carbocycles. The average molecular weight is 296 g/mol. The van der Waals surface area contributed by atoms with Crippen molar-refractivity contribution in [2.24, 2.45) is 0 Å². The first kappa shape index (κ1) is 13.2. The van der Waals surface area contributed by atoms with Gasteiger partial charge < -0.3 is 19.1 Å². The predicted octanol–water partition coefficient (Wildman–Crippen LogP) is 2.73. The van der Waals surface area contributed by atoms with Gasteiger partial charge in [-0.3, -0.25) is 0 Å². The number of aliphatic hydroxyl groups excluding tert-OH is 1. The Morgan fingerprint density at radius 2 is 1.95 bits per heavy atom. The highest BCUT2D eigenvalue weighted by Gasteiger charge is 2.20. The predicted molar refractivity (Wildman–Crippen MR) is 83.1 cm³/mol. The highest BCUT2D eigenvalue weighted by molar-refractivity contribution is 5.84. The third kappa shape index (κ3) is 1.94. The molecule has 0 saturated heterocycles. The summed E-state index contributed by atoms with van der Waals surface area (Å²) in [5.41, 5.74) is 4.00. The van der Waals surface area contributed by atoms with E-state index in [1.807, 2.05) is 34.9 Å². The van der Waals surface area contributed by atoms with Gasteiger partial charge in [0.2, 0.25) is 6.79 Å². The summed E-state index contributed by atoms with van der Waals surface area (Å²) in [6, 6.07) is 11.9. The average Bonchev–Trinajstić information content (AvgIpc) is 3.10. The lowest BCUT2D eigenvalue weighted by molar-refractivity contribution is 0.174. The number of hydrogen-bond donors (Lipinski definition) is 1. The van der Waals surface area contributed by atoms with E-state index in [0.29, 0.717) is 6.54 Å². The molecule has 3 aromatic rings. The molecule has 22 heavy (non-hydrogen) atoms. The summed E-state index contributed by atoms with van der Waals surface area (Å²) in [6.07, 6.45) is 0. The fourth-order valence-electron chi connectivity index (χ4n) is 2.87. The van der Waals surface area contributed by atoms with Crippen molar-refractivity contribution in [3.63, 3.8) is 0 Å². The van der Waals surface area contributed by atoms with Crippen LogP contribution in [0.25, 0.3) is 22.4 Å². The highest BCUT2D eigenvalue weighted by atomic mass is 16.7. The molecule has 5 nitrogen and oxygen atoms in total. The molecule has 5 heteroatoms. The lowest BCUT2D eigenvalue weighted by Crippen LogP contribution is -2.04. The van der Waals surface area contributed by atoms with Crippen molar-refractivity contribution in [3.05, 3.63) is 42.0 Å². The smallest absolute Gasteiger partial charge is 0.231 e. The molecule has 0 unspecified atom stereocenters. The van der Waals surface area contributed by atoms with Gasteiger partial charge in [0.25, 0.3) is 0 Å². The largest absolute Gasteiger partial charge is 0.454 e. The van der Waals surface area contributed by atoms with Gasteiger partial charge in [-0.2, -0.15) is 0 Å². The molecule has 0 amide bonds. The van der Waals surface area contributed by atoms with Crippen molar-refractivity contribution in [3.8, 4) is 22.9 Å². The van der Waals surface area contributed by atoms with E-state index in [2.05, 4.69) is 13.0 Å². The molecule has 0 saturated carbocycles. The number of nitrogens with zero attached hydrogens (tertiary/aromatic N) is 2. The number of hydrogen-bond acceptors (Lipinski definition) is 4. The fourth-order valence-corrected chi connectivity index (χ4v) is 2.87. The SMILES string of the molecule is Cc1ccccc1-c1nc2cc3c(cc2n1CCO)OCO3. The molecule has 2 aromatic carbocycles. The van der Waals surface area contributed by atoms with Gasteiger partial charge in [-0.25, -0.2) is 4.98 Å². The zero-order valence-corrected chi connectivity index (χ0v) is 12.2. The van der Waals surface area contributed by atoms with E-state index in [-0.39, 0.29) is 13.4 Å². The highest BCUT2D eigenvalue weighted by Crippen LogP contribution is 2.37. The minimum absolute atomic E-state index is 0.0543. The van der Waals surface area contributed by atoms with Crippen molar-refractivity contribution >= 4 is 11.0 Å². The first-order valence-corrected chi connectivity index (χ1v) is 7.24. The maximum absolute atomic E-state index is 9.43. The third-order valence-electron chi connectivity index (χ3n) is 3.95. The quantitative estimate of drug-likeness (QED) is 0.807. The second kappa shape index (κ2) is 5.03. The Morgan fingerprint density at radius 1 is 1.18 bits per heavy atom. The molecular formula is C17H16N2O3. The van der Waals surface area contributed by atoms with E-state index in [4.69, 9.17) is 14.5 Å². The molecule has 1 N–H and O–H groups in total. The summed E-state index contributed by atoms with van der Waals surface area (Å²) in [6.45, 7) is 2.84. The topological polar surface area (TPSA) is 56.5 Å². The van der Waals surface area contributed by atoms with E-state index in [9.17, 15) is 5.11 Å². The van der Waals surface area contributed by atoms with Gasteiger partial charge in [0.05, 0.1) is 17.6 Å². The van der Waals surface area contributed by atoms with Crippen LogP contribution in [-0.2, 0) is 6.54 Å². The van der Waals surface area contributed by atoms with Crippen LogP contribution in [0.4, 0.5) is 0 Å². The maximum atomic E-state index is 9.43. The van der Waals surface area contributed by atoms with Crippen LogP contribution in [0.2, 0.25) is 0 Å². The summed E-state index contributed by atoms with van der Waals surface area (Å²) in [5.74, 6) is 2.30. The van der Waals surface area contributed by atoms with E-state index < -0.39 is 0 Å². The number of ether oxygens (including phenoxy) is 2. The Hall–Kier alpha value is -2.53. The molecule has 4 rings (SSSR count). The molecule has 1 aliphatic rings. The van der Waals surface area contributed by atoms with Gasteiger partial charge in [0.1, 0.15) is 5.82 Å². The van der Waals surface area contributed by atoms with Crippen molar-refractivity contribution in [2.75, 3.05) is 13.4 Å². The van der Waals surface area contributed by atoms with Crippen molar-refractivity contribution in [1.82, 2.24) is 9.55 Å². The van der Waals surface area contributed by atoms with Crippen LogP contribution in [0.5, 0.6) is 11.5 Å². The fraction of sp³-hybridized carbons (Fsp3) is 0.235. The summed E-state index contributed by atoms with van der Waals surface area (Å²) < 4.78 is 12.9. The number of aromatic nitrogens is 2. The van der Waals surface area contributed by atoms with Gasteiger partial charge in [-0.15, -0.1) is 0 Å². The lowest BCUT2D eigenvalue weighted by atomic mass is 10.1. The minimum Gasteiger partial charge on any atom is -0.454 e. The monoisotopic (exact) mass is 296 g/mol. The Kier molecular flexibility index (Phi) is 3.01. The molecule has 0 fully saturated rings. The first-order valence-electron chi connectivity index (χ1n) is 7.24. The molecule has 0 spiro atoms. The number of fused-ring (bicyclic) bond motifs is 2. The molecule has 1 aromatic heterocycles. The van der Waals surface area contributed by atoms with Gasteiger partial charge in [0.15, 0.2) is 11.5 Å². The van der Waals surface area contributed by atoms with Gasteiger partial charge in [0, 0.05) is 24.2 Å². The van der Waals surface area contributed by atoms with Gasteiger partial charge in [-0.05, 0) is 12.5 Å². The zero-order chi connectivity index (χ0) is 15.1. The zero-order valence-electron chi connectivity index (χ0n) is 12.2. The molecule has 2 heterocycles. The van der Waals surface area contributed by atoms with E-state index in [1.165, 1.54) is 0 Å². The molecule has 0 bridgehead atoms. The Labute approximate surface area is 127 Å². The summed E-state index contributed by atoms with van der Waals surface area (Å²) in [5, 5.41) is 9.43. The van der Waals surface area contributed by atoms with Crippen LogP contribution in [-0.4, -0.2) is 28.1 Å². The third-order valence-corrected chi connectivity index (χ3v) is 3.95. The summed E-state index contributed by atoms with van der Waals surface area (Å²) in [4.78, 5) is 4.76. The Bertz CT molecular complexity index is 854. The van der Waals surface area contributed by atoms with Crippen LogP contribution >= 0.6 is 0 Å². The van der Waals surface area contributed by atoms with Crippen molar-refractivity contribution < 1.29 is 14.6 Å².